The molecule has 0 aliphatic carbocycles. The summed E-state index contributed by atoms with van der Waals surface area (Å²) in [5, 5.41) is 19.2. The van der Waals surface area contributed by atoms with Crippen LogP contribution in [0.2, 0.25) is 0 Å². The zero-order chi connectivity index (χ0) is 17.2. The van der Waals surface area contributed by atoms with Gasteiger partial charge in [-0.05, 0) is 30.3 Å². The SMILES string of the molecule is Cn1nccc1C(O)c1cc2n(n1)CCN(CC=Cc1ccco1)C2. The average molecular weight is 339 g/mol. The monoisotopic (exact) mass is 339 g/mol. The number of aliphatic hydroxyl groups excluding tert-OH is 1. The second-order valence-electron chi connectivity index (χ2n) is 6.22. The lowest BCUT2D eigenvalue weighted by Gasteiger charge is -2.26. The molecule has 7 heteroatoms. The van der Waals surface area contributed by atoms with Gasteiger partial charge in [0, 0.05) is 32.9 Å². The van der Waals surface area contributed by atoms with Crippen molar-refractivity contribution in [3.8, 4) is 0 Å². The summed E-state index contributed by atoms with van der Waals surface area (Å²) in [4.78, 5) is 2.34. The highest BCUT2D eigenvalue weighted by Gasteiger charge is 2.22. The minimum atomic E-state index is -0.752. The van der Waals surface area contributed by atoms with Gasteiger partial charge in [0.2, 0.25) is 0 Å². The molecule has 0 amide bonds. The summed E-state index contributed by atoms with van der Waals surface area (Å²) < 4.78 is 8.96. The van der Waals surface area contributed by atoms with Crippen molar-refractivity contribution >= 4 is 6.08 Å². The van der Waals surface area contributed by atoms with Gasteiger partial charge in [0.1, 0.15) is 11.9 Å². The number of aryl methyl sites for hydroxylation is 1. The van der Waals surface area contributed by atoms with Crippen molar-refractivity contribution in [3.05, 3.63) is 65.6 Å². The van der Waals surface area contributed by atoms with E-state index in [1.807, 2.05) is 42.1 Å². The Hall–Kier alpha value is -2.64. The van der Waals surface area contributed by atoms with Crippen LogP contribution in [0.15, 0.2) is 47.2 Å². The van der Waals surface area contributed by atoms with Crippen LogP contribution in [0.5, 0.6) is 0 Å². The lowest BCUT2D eigenvalue weighted by molar-refractivity contribution is 0.201. The van der Waals surface area contributed by atoms with Crippen molar-refractivity contribution in [2.75, 3.05) is 13.1 Å². The van der Waals surface area contributed by atoms with E-state index in [4.69, 9.17) is 4.42 Å². The maximum Gasteiger partial charge on any atom is 0.139 e. The van der Waals surface area contributed by atoms with Crippen LogP contribution in [0.25, 0.3) is 6.08 Å². The molecular weight excluding hydrogens is 318 g/mol. The number of hydrogen-bond acceptors (Lipinski definition) is 5. The molecule has 0 spiro atoms. The van der Waals surface area contributed by atoms with E-state index >= 15 is 0 Å². The first-order valence-electron chi connectivity index (χ1n) is 8.36. The molecule has 130 valence electrons. The van der Waals surface area contributed by atoms with Crippen LogP contribution < -0.4 is 0 Å². The maximum absolute atomic E-state index is 10.6. The second-order valence-corrected chi connectivity index (χ2v) is 6.22. The van der Waals surface area contributed by atoms with E-state index in [1.165, 1.54) is 0 Å². The summed E-state index contributed by atoms with van der Waals surface area (Å²) in [6.45, 7) is 3.42. The molecule has 1 aliphatic heterocycles. The van der Waals surface area contributed by atoms with Crippen molar-refractivity contribution in [1.29, 1.82) is 0 Å². The quantitative estimate of drug-likeness (QED) is 0.768. The molecule has 0 radical (unpaired) electrons. The smallest absolute Gasteiger partial charge is 0.139 e. The number of fused-ring (bicyclic) bond motifs is 1. The molecule has 25 heavy (non-hydrogen) atoms. The van der Waals surface area contributed by atoms with E-state index in [2.05, 4.69) is 21.2 Å². The van der Waals surface area contributed by atoms with Crippen LogP contribution in [-0.4, -0.2) is 42.7 Å². The van der Waals surface area contributed by atoms with Gasteiger partial charge in [0.05, 0.1) is 29.9 Å². The third kappa shape index (κ3) is 3.29. The van der Waals surface area contributed by atoms with Gasteiger partial charge >= 0.3 is 0 Å². The minimum Gasteiger partial charge on any atom is -0.465 e. The Kier molecular flexibility index (Phi) is 4.25. The van der Waals surface area contributed by atoms with Gasteiger partial charge in [-0.25, -0.2) is 0 Å². The number of aliphatic hydroxyl groups is 1. The molecule has 4 heterocycles. The van der Waals surface area contributed by atoms with E-state index in [1.54, 1.807) is 17.1 Å². The molecule has 0 saturated carbocycles. The van der Waals surface area contributed by atoms with Crippen molar-refractivity contribution in [3.63, 3.8) is 0 Å². The van der Waals surface area contributed by atoms with Gasteiger partial charge < -0.3 is 9.52 Å². The number of nitrogens with zero attached hydrogens (tertiary/aromatic N) is 5. The maximum atomic E-state index is 10.6. The third-order valence-corrected chi connectivity index (χ3v) is 4.50. The molecule has 4 rings (SSSR count). The van der Waals surface area contributed by atoms with Crippen LogP contribution >= 0.6 is 0 Å². The van der Waals surface area contributed by atoms with Crippen molar-refractivity contribution < 1.29 is 9.52 Å². The third-order valence-electron chi connectivity index (χ3n) is 4.50. The van der Waals surface area contributed by atoms with Crippen molar-refractivity contribution in [2.45, 2.75) is 19.2 Å². The molecule has 3 aromatic heterocycles. The molecular formula is C18H21N5O2. The standard InChI is InChI=1S/C18H21N5O2/c1-21-17(6-7-19-21)18(24)16-12-14-13-22(9-10-23(14)20-16)8-2-4-15-5-3-11-25-15/h2-7,11-12,18,24H,8-10,13H2,1H3. The first-order chi connectivity index (χ1) is 12.2. The molecule has 1 N–H and O–H groups in total. The molecule has 1 unspecified atom stereocenters. The van der Waals surface area contributed by atoms with E-state index in [0.717, 1.165) is 43.3 Å². The fraction of sp³-hybridized carbons (Fsp3) is 0.333. The van der Waals surface area contributed by atoms with Gasteiger partial charge in [0.25, 0.3) is 0 Å². The van der Waals surface area contributed by atoms with Gasteiger partial charge in [-0.2, -0.15) is 10.2 Å². The predicted octanol–water partition coefficient (Wildman–Crippen LogP) is 1.82. The van der Waals surface area contributed by atoms with Crippen LogP contribution in [0.4, 0.5) is 0 Å². The van der Waals surface area contributed by atoms with Gasteiger partial charge in [0.15, 0.2) is 0 Å². The Bertz CT molecular complexity index is 862. The van der Waals surface area contributed by atoms with Gasteiger partial charge in [-0.3, -0.25) is 14.3 Å². The molecule has 0 aromatic carbocycles. The van der Waals surface area contributed by atoms with Gasteiger partial charge in [-0.1, -0.05) is 6.08 Å². The number of furan rings is 1. The molecule has 1 aliphatic rings. The van der Waals surface area contributed by atoms with Crippen molar-refractivity contribution in [1.82, 2.24) is 24.5 Å². The Morgan fingerprint density at radius 2 is 2.28 bits per heavy atom. The zero-order valence-corrected chi connectivity index (χ0v) is 14.1. The first-order valence-corrected chi connectivity index (χ1v) is 8.36. The molecule has 7 nitrogen and oxygen atoms in total. The Morgan fingerprint density at radius 1 is 1.36 bits per heavy atom. The fourth-order valence-corrected chi connectivity index (χ4v) is 3.14. The lowest BCUT2D eigenvalue weighted by atomic mass is 10.1. The second kappa shape index (κ2) is 6.70. The highest BCUT2D eigenvalue weighted by Crippen LogP contribution is 2.23. The number of hydrogen-bond donors (Lipinski definition) is 1. The fourth-order valence-electron chi connectivity index (χ4n) is 3.14. The molecule has 1 atom stereocenters. The van der Waals surface area contributed by atoms with Crippen molar-refractivity contribution in [2.24, 2.45) is 7.05 Å². The van der Waals surface area contributed by atoms with E-state index in [0.29, 0.717) is 5.69 Å². The summed E-state index contributed by atoms with van der Waals surface area (Å²) in [5.41, 5.74) is 2.54. The first kappa shape index (κ1) is 15.9. The molecule has 3 aromatic rings. The zero-order valence-electron chi connectivity index (χ0n) is 14.1. The Labute approximate surface area is 145 Å². The van der Waals surface area contributed by atoms with Crippen LogP contribution in [-0.2, 0) is 20.1 Å². The average Bonchev–Trinajstić information content (AvgIpc) is 3.34. The summed E-state index contributed by atoms with van der Waals surface area (Å²) in [6.07, 6.45) is 6.70. The highest BCUT2D eigenvalue weighted by molar-refractivity contribution is 5.42. The topological polar surface area (TPSA) is 72.2 Å². The normalized spacial score (nSPS) is 16.4. The Balaban J connectivity index is 1.43. The van der Waals surface area contributed by atoms with Crippen LogP contribution in [0, 0.1) is 0 Å². The van der Waals surface area contributed by atoms with E-state index in [9.17, 15) is 5.11 Å². The molecule has 0 fully saturated rings. The van der Waals surface area contributed by atoms with Gasteiger partial charge in [-0.15, -0.1) is 0 Å². The number of aromatic nitrogens is 4. The number of rotatable bonds is 5. The van der Waals surface area contributed by atoms with Crippen LogP contribution in [0.3, 0.4) is 0 Å². The van der Waals surface area contributed by atoms with Crippen LogP contribution in [0.1, 0.15) is 28.9 Å². The summed E-state index contributed by atoms with van der Waals surface area (Å²) in [5.74, 6) is 0.864. The largest absolute Gasteiger partial charge is 0.465 e. The molecule has 0 bridgehead atoms. The Morgan fingerprint density at radius 3 is 3.04 bits per heavy atom. The summed E-state index contributed by atoms with van der Waals surface area (Å²) >= 11 is 0. The summed E-state index contributed by atoms with van der Waals surface area (Å²) in [7, 11) is 1.82. The van der Waals surface area contributed by atoms with E-state index in [-0.39, 0.29) is 0 Å². The molecule has 0 saturated heterocycles. The summed E-state index contributed by atoms with van der Waals surface area (Å²) in [6, 6.07) is 7.62. The highest BCUT2D eigenvalue weighted by atomic mass is 16.3. The lowest BCUT2D eigenvalue weighted by Crippen LogP contribution is -2.33. The van der Waals surface area contributed by atoms with E-state index < -0.39 is 6.10 Å². The predicted molar refractivity (Wildman–Crippen MR) is 92.5 cm³/mol. The minimum absolute atomic E-state index is 0.673.